The van der Waals surface area contributed by atoms with Crippen LogP contribution in [0, 0.1) is 0 Å². The predicted octanol–water partition coefficient (Wildman–Crippen LogP) is 1.34. The van der Waals surface area contributed by atoms with Crippen molar-refractivity contribution in [3.05, 3.63) is 36.4 Å². The van der Waals surface area contributed by atoms with E-state index in [-0.39, 0.29) is 5.91 Å². The molecule has 1 aliphatic heterocycles. The fourth-order valence-corrected chi connectivity index (χ4v) is 3.26. The number of H-pyrrole nitrogens is 1. The van der Waals surface area contributed by atoms with Crippen LogP contribution in [0.15, 0.2) is 30.9 Å². The van der Waals surface area contributed by atoms with Crippen molar-refractivity contribution >= 4 is 16.9 Å². The molecule has 1 aliphatic rings. The highest BCUT2D eigenvalue weighted by Crippen LogP contribution is 2.25. The summed E-state index contributed by atoms with van der Waals surface area (Å²) < 4.78 is 5.00. The Morgan fingerprint density at radius 1 is 1.11 bits per heavy atom. The molecule has 1 fully saturated rings. The molecule has 0 aliphatic carbocycles. The lowest BCUT2D eigenvalue weighted by Gasteiger charge is -2.32. The summed E-state index contributed by atoms with van der Waals surface area (Å²) in [4.78, 5) is 32.8. The number of aromatic nitrogens is 4. The maximum atomic E-state index is 12.7. The molecule has 1 amide bonds. The highest BCUT2D eigenvalue weighted by atomic mass is 16.5. The zero-order valence-electron chi connectivity index (χ0n) is 15.5. The van der Waals surface area contributed by atoms with E-state index >= 15 is 0 Å². The fourth-order valence-electron chi connectivity index (χ4n) is 3.26. The van der Waals surface area contributed by atoms with Crippen LogP contribution in [0.5, 0.6) is 6.01 Å². The quantitative estimate of drug-likeness (QED) is 0.750. The van der Waals surface area contributed by atoms with Gasteiger partial charge in [0.1, 0.15) is 5.65 Å². The van der Waals surface area contributed by atoms with Crippen LogP contribution in [0.25, 0.3) is 22.2 Å². The van der Waals surface area contributed by atoms with Crippen molar-refractivity contribution in [3.63, 3.8) is 0 Å². The third-order valence-corrected chi connectivity index (χ3v) is 4.96. The molecule has 3 aromatic rings. The van der Waals surface area contributed by atoms with Gasteiger partial charge >= 0.3 is 6.01 Å². The van der Waals surface area contributed by atoms with Gasteiger partial charge in [0.2, 0.25) is 5.91 Å². The Bertz CT molecular complexity index is 944. The Labute approximate surface area is 157 Å². The summed E-state index contributed by atoms with van der Waals surface area (Å²) in [7, 11) is 3.61. The number of rotatable bonds is 4. The second kappa shape index (κ2) is 7.32. The Morgan fingerprint density at radius 2 is 1.81 bits per heavy atom. The highest BCUT2D eigenvalue weighted by molar-refractivity contribution is 5.89. The molecule has 0 bridgehead atoms. The minimum absolute atomic E-state index is 0.155. The SMILES string of the molecule is COc1ncc(-c2cnc3[nH]cc(CC(=O)N4CCN(C)CC4)c3c2)cn1. The molecule has 8 nitrogen and oxygen atoms in total. The molecule has 8 heteroatoms. The number of aromatic amines is 1. The first-order valence-electron chi connectivity index (χ1n) is 8.93. The molecule has 1 saturated heterocycles. The number of nitrogens with one attached hydrogen (secondary N) is 1. The number of carbonyl (C=O) groups excluding carboxylic acids is 1. The largest absolute Gasteiger partial charge is 0.467 e. The normalized spacial score (nSPS) is 15.3. The Morgan fingerprint density at radius 3 is 2.52 bits per heavy atom. The van der Waals surface area contributed by atoms with Gasteiger partial charge in [0, 0.05) is 67.5 Å². The van der Waals surface area contributed by atoms with Crippen LogP contribution in [0.4, 0.5) is 0 Å². The molecule has 0 saturated carbocycles. The van der Waals surface area contributed by atoms with Crippen molar-refractivity contribution in [2.75, 3.05) is 40.3 Å². The average molecular weight is 366 g/mol. The van der Waals surface area contributed by atoms with Crippen LogP contribution in [0.2, 0.25) is 0 Å². The number of fused-ring (bicyclic) bond motifs is 1. The van der Waals surface area contributed by atoms with E-state index in [0.717, 1.165) is 53.9 Å². The first-order chi connectivity index (χ1) is 13.1. The van der Waals surface area contributed by atoms with Gasteiger partial charge in [-0.3, -0.25) is 4.79 Å². The molecule has 1 N–H and O–H groups in total. The molecule has 27 heavy (non-hydrogen) atoms. The van der Waals surface area contributed by atoms with Crippen LogP contribution < -0.4 is 4.74 Å². The van der Waals surface area contributed by atoms with Crippen molar-refractivity contribution in [1.82, 2.24) is 29.7 Å². The summed E-state index contributed by atoms with van der Waals surface area (Å²) in [5.74, 6) is 0.155. The number of pyridine rings is 1. The lowest BCUT2D eigenvalue weighted by Crippen LogP contribution is -2.47. The van der Waals surface area contributed by atoms with E-state index in [1.165, 1.54) is 7.11 Å². The summed E-state index contributed by atoms with van der Waals surface area (Å²) in [5, 5.41) is 0.950. The molecule has 0 radical (unpaired) electrons. The minimum Gasteiger partial charge on any atom is -0.467 e. The lowest BCUT2D eigenvalue weighted by molar-refractivity contribution is -0.132. The van der Waals surface area contributed by atoms with Gasteiger partial charge in [-0.2, -0.15) is 0 Å². The number of hydrogen-bond acceptors (Lipinski definition) is 6. The van der Waals surface area contributed by atoms with Gasteiger partial charge in [0.25, 0.3) is 0 Å². The van der Waals surface area contributed by atoms with E-state index in [1.807, 2.05) is 17.2 Å². The van der Waals surface area contributed by atoms with Crippen molar-refractivity contribution in [2.45, 2.75) is 6.42 Å². The molecule has 3 aromatic heterocycles. The van der Waals surface area contributed by atoms with Crippen molar-refractivity contribution in [3.8, 4) is 17.1 Å². The van der Waals surface area contributed by atoms with E-state index in [0.29, 0.717) is 12.4 Å². The fraction of sp³-hybridized carbons (Fsp3) is 0.368. The highest BCUT2D eigenvalue weighted by Gasteiger charge is 2.20. The van der Waals surface area contributed by atoms with Gasteiger partial charge in [-0.05, 0) is 18.7 Å². The number of likely N-dealkylation sites (N-methyl/N-ethyl adjacent to an activating group) is 1. The maximum Gasteiger partial charge on any atom is 0.316 e. The second-order valence-corrected chi connectivity index (χ2v) is 6.75. The number of carbonyl (C=O) groups is 1. The minimum atomic E-state index is 0.155. The third-order valence-electron chi connectivity index (χ3n) is 4.96. The predicted molar refractivity (Wildman–Crippen MR) is 101 cm³/mol. The number of methoxy groups -OCH3 is 1. The van der Waals surface area contributed by atoms with Crippen LogP contribution >= 0.6 is 0 Å². The molecule has 140 valence electrons. The lowest BCUT2D eigenvalue weighted by atomic mass is 10.1. The number of hydrogen-bond donors (Lipinski definition) is 1. The molecule has 0 spiro atoms. The van der Waals surface area contributed by atoms with Gasteiger partial charge < -0.3 is 19.5 Å². The molecular formula is C19H22N6O2. The number of piperazine rings is 1. The van der Waals surface area contributed by atoms with E-state index in [2.05, 4.69) is 31.9 Å². The topological polar surface area (TPSA) is 87.2 Å². The van der Waals surface area contributed by atoms with Gasteiger partial charge in [0.15, 0.2) is 0 Å². The smallest absolute Gasteiger partial charge is 0.316 e. The molecule has 0 atom stereocenters. The van der Waals surface area contributed by atoms with E-state index in [9.17, 15) is 4.79 Å². The van der Waals surface area contributed by atoms with Gasteiger partial charge in [-0.1, -0.05) is 0 Å². The molecule has 4 rings (SSSR count). The van der Waals surface area contributed by atoms with E-state index in [4.69, 9.17) is 4.74 Å². The summed E-state index contributed by atoms with van der Waals surface area (Å²) in [6.45, 7) is 3.40. The maximum absolute atomic E-state index is 12.7. The van der Waals surface area contributed by atoms with Crippen molar-refractivity contribution in [1.29, 1.82) is 0 Å². The van der Waals surface area contributed by atoms with Crippen molar-refractivity contribution < 1.29 is 9.53 Å². The first-order valence-corrected chi connectivity index (χ1v) is 8.93. The van der Waals surface area contributed by atoms with E-state index < -0.39 is 0 Å². The molecule has 0 unspecified atom stereocenters. The Kier molecular flexibility index (Phi) is 4.72. The number of ether oxygens (including phenoxy) is 1. The van der Waals surface area contributed by atoms with Crippen LogP contribution in [0.1, 0.15) is 5.56 Å². The number of nitrogens with zero attached hydrogens (tertiary/aromatic N) is 5. The number of amides is 1. The van der Waals surface area contributed by atoms with E-state index in [1.54, 1.807) is 18.6 Å². The standard InChI is InChI=1S/C19H22N6O2/c1-24-3-5-25(6-4-24)17(26)8-14-10-21-18-16(14)7-13(9-20-18)15-11-22-19(27-2)23-12-15/h7,9-12H,3-6,8H2,1-2H3,(H,20,21). The first kappa shape index (κ1) is 17.4. The van der Waals surface area contributed by atoms with Gasteiger partial charge in [0.05, 0.1) is 13.5 Å². The second-order valence-electron chi connectivity index (χ2n) is 6.75. The van der Waals surface area contributed by atoms with Crippen LogP contribution in [0.3, 0.4) is 0 Å². The molecule has 4 heterocycles. The van der Waals surface area contributed by atoms with Gasteiger partial charge in [-0.25, -0.2) is 15.0 Å². The summed E-state index contributed by atoms with van der Waals surface area (Å²) in [5.41, 5.74) is 3.48. The summed E-state index contributed by atoms with van der Waals surface area (Å²) in [6, 6.07) is 2.35. The molecular weight excluding hydrogens is 344 g/mol. The molecule has 0 aromatic carbocycles. The van der Waals surface area contributed by atoms with Crippen molar-refractivity contribution in [2.24, 2.45) is 0 Å². The Hall–Kier alpha value is -3.00. The van der Waals surface area contributed by atoms with Gasteiger partial charge in [-0.15, -0.1) is 0 Å². The zero-order valence-corrected chi connectivity index (χ0v) is 15.5. The monoisotopic (exact) mass is 366 g/mol. The Balaban J connectivity index is 1.57. The van der Waals surface area contributed by atoms with Crippen LogP contribution in [-0.4, -0.2) is 76.0 Å². The zero-order chi connectivity index (χ0) is 18.8. The summed E-state index contributed by atoms with van der Waals surface area (Å²) >= 11 is 0. The summed E-state index contributed by atoms with van der Waals surface area (Å²) in [6.07, 6.45) is 7.43. The third kappa shape index (κ3) is 3.61. The van der Waals surface area contributed by atoms with Crippen LogP contribution in [-0.2, 0) is 11.2 Å². The average Bonchev–Trinajstić information content (AvgIpc) is 3.10.